The number of hydrogen-bond acceptors (Lipinski definition) is 6. The smallest absolute Gasteiger partial charge is 0.337 e. The highest BCUT2D eigenvalue weighted by molar-refractivity contribution is 7.91. The zero-order valence-electron chi connectivity index (χ0n) is 14.9. The van der Waals surface area contributed by atoms with Gasteiger partial charge in [0.2, 0.25) is 0 Å². The van der Waals surface area contributed by atoms with Crippen LogP contribution in [-0.4, -0.2) is 80.9 Å². The van der Waals surface area contributed by atoms with Gasteiger partial charge in [-0.05, 0) is 37.1 Å². The Balaban J connectivity index is 1.54. The third kappa shape index (κ3) is 4.24. The summed E-state index contributed by atoms with van der Waals surface area (Å²) < 4.78 is 27.8. The summed E-state index contributed by atoms with van der Waals surface area (Å²) in [4.78, 5) is 28.2. The zero-order chi connectivity index (χ0) is 18.7. The van der Waals surface area contributed by atoms with E-state index in [1.165, 1.54) is 7.11 Å². The Morgan fingerprint density at radius 3 is 2.04 bits per heavy atom. The van der Waals surface area contributed by atoms with E-state index >= 15 is 0 Å². The molecule has 0 bridgehead atoms. The quantitative estimate of drug-likeness (QED) is 0.722. The van der Waals surface area contributed by atoms with Crippen LogP contribution in [0.3, 0.4) is 0 Å². The average molecular weight is 380 g/mol. The molecule has 2 aliphatic heterocycles. The maximum atomic E-state index is 12.6. The Labute approximate surface area is 153 Å². The van der Waals surface area contributed by atoms with E-state index in [2.05, 4.69) is 9.64 Å². The van der Waals surface area contributed by atoms with Crippen molar-refractivity contribution in [3.63, 3.8) is 0 Å². The van der Waals surface area contributed by atoms with Crippen molar-refractivity contribution in [2.75, 3.05) is 44.8 Å². The van der Waals surface area contributed by atoms with Gasteiger partial charge in [0.15, 0.2) is 0 Å². The van der Waals surface area contributed by atoms with E-state index in [-0.39, 0.29) is 17.4 Å². The Bertz CT molecular complexity index is 753. The van der Waals surface area contributed by atoms with Crippen molar-refractivity contribution in [3.8, 4) is 0 Å². The number of amides is 1. The molecule has 0 N–H and O–H groups in total. The number of carbonyl (C=O) groups is 2. The van der Waals surface area contributed by atoms with Gasteiger partial charge < -0.3 is 9.64 Å². The van der Waals surface area contributed by atoms with Gasteiger partial charge in [-0.3, -0.25) is 9.69 Å². The standard InChI is InChI=1S/C18H24N2O5S/c1-25-18(22)15-4-2-14(3-5-15)17(21)20-10-8-19(9-11-20)16-6-12-26(23,24)13-7-16/h2-5,16H,6-13H2,1H3. The van der Waals surface area contributed by atoms with E-state index in [1.807, 2.05) is 4.90 Å². The number of ether oxygens (including phenoxy) is 1. The predicted octanol–water partition coefficient (Wildman–Crippen LogP) is 0.808. The summed E-state index contributed by atoms with van der Waals surface area (Å²) in [5, 5.41) is 0. The zero-order valence-corrected chi connectivity index (χ0v) is 15.7. The first-order valence-electron chi connectivity index (χ1n) is 8.82. The second-order valence-corrected chi connectivity index (χ2v) is 9.08. The van der Waals surface area contributed by atoms with E-state index in [9.17, 15) is 18.0 Å². The molecule has 2 fully saturated rings. The molecule has 0 saturated carbocycles. The van der Waals surface area contributed by atoms with Crippen LogP contribution in [0.1, 0.15) is 33.6 Å². The molecular weight excluding hydrogens is 356 g/mol. The number of esters is 1. The minimum absolute atomic E-state index is 0.0488. The lowest BCUT2D eigenvalue weighted by molar-refractivity contribution is 0.0555. The Morgan fingerprint density at radius 1 is 0.962 bits per heavy atom. The minimum Gasteiger partial charge on any atom is -0.465 e. The second kappa shape index (κ2) is 7.75. The fourth-order valence-corrected chi connectivity index (χ4v) is 5.05. The van der Waals surface area contributed by atoms with Gasteiger partial charge in [0, 0.05) is 37.8 Å². The highest BCUT2D eigenvalue weighted by Crippen LogP contribution is 2.20. The first kappa shape index (κ1) is 18.8. The summed E-state index contributed by atoms with van der Waals surface area (Å²) >= 11 is 0. The van der Waals surface area contributed by atoms with E-state index in [0.717, 1.165) is 13.1 Å². The number of piperazine rings is 1. The molecule has 0 aromatic heterocycles. The highest BCUT2D eigenvalue weighted by Gasteiger charge is 2.31. The Kier molecular flexibility index (Phi) is 5.62. The van der Waals surface area contributed by atoms with Crippen LogP contribution in [0.4, 0.5) is 0 Å². The summed E-state index contributed by atoms with van der Waals surface area (Å²) in [6, 6.07) is 6.78. The van der Waals surface area contributed by atoms with Crippen molar-refractivity contribution in [1.82, 2.24) is 9.80 Å². The van der Waals surface area contributed by atoms with Gasteiger partial charge in [-0.1, -0.05) is 0 Å². The topological polar surface area (TPSA) is 84.0 Å². The van der Waals surface area contributed by atoms with Crippen LogP contribution in [0.25, 0.3) is 0 Å². The third-order valence-electron chi connectivity index (χ3n) is 5.19. The molecule has 1 aromatic carbocycles. The molecule has 0 spiro atoms. The summed E-state index contributed by atoms with van der Waals surface area (Å²) in [6.45, 7) is 2.77. The van der Waals surface area contributed by atoms with Gasteiger partial charge in [-0.25, -0.2) is 13.2 Å². The van der Waals surface area contributed by atoms with Crippen molar-refractivity contribution in [2.24, 2.45) is 0 Å². The SMILES string of the molecule is COC(=O)c1ccc(C(=O)N2CCN(C3CCS(=O)(=O)CC3)CC2)cc1. The molecule has 7 nitrogen and oxygen atoms in total. The van der Waals surface area contributed by atoms with E-state index < -0.39 is 15.8 Å². The van der Waals surface area contributed by atoms with Crippen LogP contribution in [0, 0.1) is 0 Å². The fraction of sp³-hybridized carbons (Fsp3) is 0.556. The third-order valence-corrected chi connectivity index (χ3v) is 6.91. The van der Waals surface area contributed by atoms with E-state index in [0.29, 0.717) is 43.1 Å². The molecule has 3 rings (SSSR count). The van der Waals surface area contributed by atoms with Gasteiger partial charge in [0.05, 0.1) is 24.2 Å². The first-order chi connectivity index (χ1) is 12.4. The van der Waals surface area contributed by atoms with Gasteiger partial charge in [0.1, 0.15) is 9.84 Å². The van der Waals surface area contributed by atoms with Gasteiger partial charge in [0.25, 0.3) is 5.91 Å². The number of methoxy groups -OCH3 is 1. The molecule has 1 aromatic rings. The van der Waals surface area contributed by atoms with Crippen molar-refractivity contribution in [1.29, 1.82) is 0 Å². The molecule has 0 unspecified atom stereocenters. The molecule has 2 heterocycles. The number of carbonyl (C=O) groups excluding carboxylic acids is 2. The number of sulfone groups is 1. The Hall–Kier alpha value is -1.93. The van der Waals surface area contributed by atoms with Crippen LogP contribution in [0.15, 0.2) is 24.3 Å². The molecule has 26 heavy (non-hydrogen) atoms. The molecule has 2 aliphatic rings. The van der Waals surface area contributed by atoms with Crippen molar-refractivity contribution < 1.29 is 22.7 Å². The fourth-order valence-electron chi connectivity index (χ4n) is 3.58. The van der Waals surface area contributed by atoms with Crippen LogP contribution in [0.2, 0.25) is 0 Å². The largest absolute Gasteiger partial charge is 0.465 e. The lowest BCUT2D eigenvalue weighted by Gasteiger charge is -2.40. The molecule has 0 radical (unpaired) electrons. The maximum Gasteiger partial charge on any atom is 0.337 e. The van der Waals surface area contributed by atoms with Gasteiger partial charge in [-0.15, -0.1) is 0 Å². The van der Waals surface area contributed by atoms with Crippen LogP contribution >= 0.6 is 0 Å². The van der Waals surface area contributed by atoms with Gasteiger partial charge >= 0.3 is 5.97 Å². The van der Waals surface area contributed by atoms with Crippen molar-refractivity contribution >= 4 is 21.7 Å². The number of nitrogens with zero attached hydrogens (tertiary/aromatic N) is 2. The van der Waals surface area contributed by atoms with Gasteiger partial charge in [-0.2, -0.15) is 0 Å². The van der Waals surface area contributed by atoms with E-state index in [4.69, 9.17) is 0 Å². The average Bonchev–Trinajstić information content (AvgIpc) is 2.67. The maximum absolute atomic E-state index is 12.6. The first-order valence-corrected chi connectivity index (χ1v) is 10.6. The molecule has 0 atom stereocenters. The normalized spacial score (nSPS) is 21.3. The van der Waals surface area contributed by atoms with Crippen molar-refractivity contribution in [2.45, 2.75) is 18.9 Å². The predicted molar refractivity (Wildman–Crippen MR) is 96.9 cm³/mol. The number of benzene rings is 1. The molecule has 142 valence electrons. The summed E-state index contributed by atoms with van der Waals surface area (Å²) in [5.41, 5.74) is 0.969. The second-order valence-electron chi connectivity index (χ2n) is 6.78. The monoisotopic (exact) mass is 380 g/mol. The summed E-state index contributed by atoms with van der Waals surface area (Å²) in [7, 11) is -1.53. The number of rotatable bonds is 3. The summed E-state index contributed by atoms with van der Waals surface area (Å²) in [6.07, 6.45) is 1.37. The molecule has 0 aliphatic carbocycles. The summed E-state index contributed by atoms with van der Waals surface area (Å²) in [5.74, 6) is 0.0617. The Morgan fingerprint density at radius 2 is 1.50 bits per heavy atom. The highest BCUT2D eigenvalue weighted by atomic mass is 32.2. The van der Waals surface area contributed by atoms with E-state index in [1.54, 1.807) is 24.3 Å². The lowest BCUT2D eigenvalue weighted by Crippen LogP contribution is -2.53. The molecule has 1 amide bonds. The number of hydrogen-bond donors (Lipinski definition) is 0. The lowest BCUT2D eigenvalue weighted by atomic mass is 10.1. The van der Waals surface area contributed by atoms with Crippen molar-refractivity contribution in [3.05, 3.63) is 35.4 Å². The minimum atomic E-state index is -2.85. The van der Waals surface area contributed by atoms with Crippen LogP contribution < -0.4 is 0 Å². The molecule has 8 heteroatoms. The van der Waals surface area contributed by atoms with Crippen LogP contribution in [0.5, 0.6) is 0 Å². The molecule has 2 saturated heterocycles. The molecular formula is C18H24N2O5S. The van der Waals surface area contributed by atoms with Crippen LogP contribution in [-0.2, 0) is 14.6 Å².